The van der Waals surface area contributed by atoms with Gasteiger partial charge in [-0.15, -0.1) is 0 Å². The maximum atomic E-state index is 8.75. The molecule has 0 saturated heterocycles. The van der Waals surface area contributed by atoms with Crippen molar-refractivity contribution in [2.24, 2.45) is 10.9 Å². The molecule has 0 aliphatic carbocycles. The molecule has 4 heteroatoms. The number of rotatable bonds is 8. The molecule has 1 aromatic rings. The second-order valence-electron chi connectivity index (χ2n) is 5.46. The minimum atomic E-state index is 0.161. The number of benzene rings is 1. The van der Waals surface area contributed by atoms with Crippen LogP contribution in [0.3, 0.4) is 0 Å². The summed E-state index contributed by atoms with van der Waals surface area (Å²) < 4.78 is 0. The summed E-state index contributed by atoms with van der Waals surface area (Å²) >= 11 is 0. The molecule has 0 unspecified atom stereocenters. The standard InChI is InChI=1S/C16H27N3O/c1-4-5-6-10-19(13(2)3)12-14-8-7-9-15(11-14)16(17)18-20/h7-9,11,13,20H,4-6,10,12H2,1-3H3,(H2,17,18). The third-order valence-electron chi connectivity index (χ3n) is 3.50. The molecule has 0 fully saturated rings. The van der Waals surface area contributed by atoms with Gasteiger partial charge in [-0.3, -0.25) is 4.90 Å². The van der Waals surface area contributed by atoms with E-state index in [-0.39, 0.29) is 5.84 Å². The molecule has 1 aromatic carbocycles. The largest absolute Gasteiger partial charge is 0.409 e. The van der Waals surface area contributed by atoms with Crippen LogP contribution < -0.4 is 5.73 Å². The molecule has 0 heterocycles. The fraction of sp³-hybridized carbons (Fsp3) is 0.562. The maximum absolute atomic E-state index is 8.75. The van der Waals surface area contributed by atoms with Gasteiger partial charge in [0.05, 0.1) is 0 Å². The molecular formula is C16H27N3O. The van der Waals surface area contributed by atoms with Gasteiger partial charge in [0.25, 0.3) is 0 Å². The van der Waals surface area contributed by atoms with Gasteiger partial charge in [0.15, 0.2) is 5.84 Å². The minimum absolute atomic E-state index is 0.161. The van der Waals surface area contributed by atoms with Crippen LogP contribution in [-0.2, 0) is 6.54 Å². The van der Waals surface area contributed by atoms with Gasteiger partial charge in [0.2, 0.25) is 0 Å². The summed E-state index contributed by atoms with van der Waals surface area (Å²) in [7, 11) is 0. The van der Waals surface area contributed by atoms with Crippen LogP contribution in [0.1, 0.15) is 51.2 Å². The zero-order chi connectivity index (χ0) is 15.0. The number of nitrogens with zero attached hydrogens (tertiary/aromatic N) is 2. The number of oxime groups is 1. The minimum Gasteiger partial charge on any atom is -0.409 e. The van der Waals surface area contributed by atoms with Crippen LogP contribution in [0.5, 0.6) is 0 Å². The zero-order valence-electron chi connectivity index (χ0n) is 12.8. The Balaban J connectivity index is 2.73. The lowest BCUT2D eigenvalue weighted by Gasteiger charge is -2.26. The molecule has 3 N–H and O–H groups in total. The Morgan fingerprint density at radius 3 is 2.70 bits per heavy atom. The van der Waals surface area contributed by atoms with E-state index in [0.717, 1.165) is 18.7 Å². The summed E-state index contributed by atoms with van der Waals surface area (Å²) in [5, 5.41) is 11.8. The Bertz CT molecular complexity index is 429. The van der Waals surface area contributed by atoms with Gasteiger partial charge in [-0.1, -0.05) is 43.1 Å². The third-order valence-corrected chi connectivity index (χ3v) is 3.50. The van der Waals surface area contributed by atoms with Gasteiger partial charge in [0.1, 0.15) is 0 Å². The Kier molecular flexibility index (Phi) is 7.09. The first-order valence-corrected chi connectivity index (χ1v) is 7.39. The predicted molar refractivity (Wildman–Crippen MR) is 84.0 cm³/mol. The summed E-state index contributed by atoms with van der Waals surface area (Å²) in [6.45, 7) is 8.67. The Labute approximate surface area is 122 Å². The topological polar surface area (TPSA) is 61.8 Å². The van der Waals surface area contributed by atoms with Crippen molar-refractivity contribution in [1.29, 1.82) is 0 Å². The van der Waals surface area contributed by atoms with E-state index in [1.54, 1.807) is 0 Å². The lowest BCUT2D eigenvalue weighted by molar-refractivity contribution is 0.208. The van der Waals surface area contributed by atoms with Crippen LogP contribution in [0.4, 0.5) is 0 Å². The van der Waals surface area contributed by atoms with E-state index in [9.17, 15) is 0 Å². The molecular weight excluding hydrogens is 250 g/mol. The molecule has 0 radical (unpaired) electrons. The van der Waals surface area contributed by atoms with Crippen LogP contribution in [0, 0.1) is 0 Å². The quantitative estimate of drug-likeness (QED) is 0.252. The van der Waals surface area contributed by atoms with Crippen LogP contribution in [0.25, 0.3) is 0 Å². The smallest absolute Gasteiger partial charge is 0.170 e. The number of hydrogen-bond donors (Lipinski definition) is 2. The first kappa shape index (κ1) is 16.5. The average molecular weight is 277 g/mol. The Hall–Kier alpha value is -1.55. The van der Waals surface area contributed by atoms with E-state index in [4.69, 9.17) is 10.9 Å². The van der Waals surface area contributed by atoms with E-state index in [2.05, 4.69) is 36.9 Å². The fourth-order valence-electron chi connectivity index (χ4n) is 2.21. The van der Waals surface area contributed by atoms with Crippen molar-refractivity contribution in [3.8, 4) is 0 Å². The monoisotopic (exact) mass is 277 g/mol. The molecule has 4 nitrogen and oxygen atoms in total. The highest BCUT2D eigenvalue weighted by atomic mass is 16.4. The summed E-state index contributed by atoms with van der Waals surface area (Å²) in [4.78, 5) is 2.46. The highest BCUT2D eigenvalue weighted by molar-refractivity contribution is 5.97. The molecule has 0 aromatic heterocycles. The molecule has 0 aliphatic rings. The number of unbranched alkanes of at least 4 members (excludes halogenated alkanes) is 2. The molecule has 0 bridgehead atoms. The van der Waals surface area contributed by atoms with E-state index < -0.39 is 0 Å². The Morgan fingerprint density at radius 2 is 2.10 bits per heavy atom. The van der Waals surface area contributed by atoms with Gasteiger partial charge in [0, 0.05) is 18.2 Å². The first-order valence-electron chi connectivity index (χ1n) is 7.39. The lowest BCUT2D eigenvalue weighted by Crippen LogP contribution is -2.31. The summed E-state index contributed by atoms with van der Waals surface area (Å²) in [6.07, 6.45) is 3.74. The number of nitrogens with two attached hydrogens (primary N) is 1. The SMILES string of the molecule is CCCCCN(Cc1cccc(C(N)=NO)c1)C(C)C. The second kappa shape index (κ2) is 8.59. The number of amidine groups is 1. The summed E-state index contributed by atoms with van der Waals surface area (Å²) in [5.41, 5.74) is 7.60. The molecule has 0 spiro atoms. The number of hydrogen-bond acceptors (Lipinski definition) is 3. The molecule has 20 heavy (non-hydrogen) atoms. The molecule has 0 amide bonds. The van der Waals surface area contributed by atoms with Crippen LogP contribution in [0.15, 0.2) is 29.4 Å². The van der Waals surface area contributed by atoms with Crippen molar-refractivity contribution >= 4 is 5.84 Å². The van der Waals surface area contributed by atoms with E-state index in [1.165, 1.54) is 24.8 Å². The fourth-order valence-corrected chi connectivity index (χ4v) is 2.21. The summed E-state index contributed by atoms with van der Waals surface area (Å²) in [6, 6.07) is 8.40. The zero-order valence-corrected chi connectivity index (χ0v) is 12.8. The van der Waals surface area contributed by atoms with Gasteiger partial charge >= 0.3 is 0 Å². The van der Waals surface area contributed by atoms with Crippen LogP contribution in [0.2, 0.25) is 0 Å². The van der Waals surface area contributed by atoms with Crippen molar-refractivity contribution in [3.05, 3.63) is 35.4 Å². The van der Waals surface area contributed by atoms with E-state index in [0.29, 0.717) is 6.04 Å². The van der Waals surface area contributed by atoms with Crippen LogP contribution >= 0.6 is 0 Å². The normalized spacial score (nSPS) is 12.3. The van der Waals surface area contributed by atoms with E-state index in [1.807, 2.05) is 18.2 Å². The van der Waals surface area contributed by atoms with Crippen molar-refractivity contribution < 1.29 is 5.21 Å². The van der Waals surface area contributed by atoms with Gasteiger partial charge in [-0.2, -0.15) is 0 Å². The highest BCUT2D eigenvalue weighted by Gasteiger charge is 2.10. The summed E-state index contributed by atoms with van der Waals surface area (Å²) in [5.74, 6) is 0.161. The van der Waals surface area contributed by atoms with Crippen LogP contribution in [-0.4, -0.2) is 28.5 Å². The lowest BCUT2D eigenvalue weighted by atomic mass is 10.1. The predicted octanol–water partition coefficient (Wildman–Crippen LogP) is 3.18. The van der Waals surface area contributed by atoms with Crippen molar-refractivity contribution in [1.82, 2.24) is 4.90 Å². The van der Waals surface area contributed by atoms with Crippen molar-refractivity contribution in [2.45, 2.75) is 52.6 Å². The van der Waals surface area contributed by atoms with Gasteiger partial charge in [-0.05, 0) is 38.4 Å². The molecule has 0 saturated carbocycles. The molecule has 0 aliphatic heterocycles. The Morgan fingerprint density at radius 1 is 1.35 bits per heavy atom. The molecule has 0 atom stereocenters. The average Bonchev–Trinajstić information content (AvgIpc) is 2.45. The van der Waals surface area contributed by atoms with E-state index >= 15 is 0 Å². The van der Waals surface area contributed by atoms with Crippen molar-refractivity contribution in [3.63, 3.8) is 0 Å². The third kappa shape index (κ3) is 5.21. The van der Waals surface area contributed by atoms with Crippen molar-refractivity contribution in [2.75, 3.05) is 6.54 Å². The highest BCUT2D eigenvalue weighted by Crippen LogP contribution is 2.12. The second-order valence-corrected chi connectivity index (χ2v) is 5.46. The molecule has 1 rings (SSSR count). The first-order chi connectivity index (χ1) is 9.58. The maximum Gasteiger partial charge on any atom is 0.170 e. The molecule has 112 valence electrons. The van der Waals surface area contributed by atoms with Gasteiger partial charge in [-0.25, -0.2) is 0 Å². The van der Waals surface area contributed by atoms with Gasteiger partial charge < -0.3 is 10.9 Å².